The second-order valence-corrected chi connectivity index (χ2v) is 6.55. The van der Waals surface area contributed by atoms with E-state index in [0.717, 1.165) is 28.5 Å². The summed E-state index contributed by atoms with van der Waals surface area (Å²) in [7, 11) is 2.00. The molecule has 0 bridgehead atoms. The summed E-state index contributed by atoms with van der Waals surface area (Å²) in [6, 6.07) is 14.7. The van der Waals surface area contributed by atoms with Crippen LogP contribution in [0.2, 0.25) is 10.0 Å². The summed E-state index contributed by atoms with van der Waals surface area (Å²) in [6.07, 6.45) is 3.40. The normalized spacial score (nSPS) is 19.1. The summed E-state index contributed by atoms with van der Waals surface area (Å²) in [5.41, 5.74) is 4.06. The summed E-state index contributed by atoms with van der Waals surface area (Å²) in [6.45, 7) is 0. The third-order valence-corrected chi connectivity index (χ3v) is 5.04. The largest absolute Gasteiger partial charge is 0.313 e. The molecule has 21 heavy (non-hydrogen) atoms. The van der Waals surface area contributed by atoms with Crippen molar-refractivity contribution in [3.63, 3.8) is 0 Å². The van der Waals surface area contributed by atoms with E-state index in [1.54, 1.807) is 0 Å². The van der Waals surface area contributed by atoms with Crippen LogP contribution in [0.3, 0.4) is 0 Å². The van der Waals surface area contributed by atoms with E-state index in [2.05, 4.69) is 29.6 Å². The number of hydrogen-bond donors (Lipinski definition) is 1. The molecule has 0 heterocycles. The van der Waals surface area contributed by atoms with E-state index in [1.165, 1.54) is 17.5 Å². The van der Waals surface area contributed by atoms with Gasteiger partial charge in [-0.1, -0.05) is 47.5 Å². The van der Waals surface area contributed by atoms with Gasteiger partial charge in [0.15, 0.2) is 0 Å². The lowest BCUT2D eigenvalue weighted by Crippen LogP contribution is -2.30. The molecule has 1 nitrogen and oxygen atoms in total. The van der Waals surface area contributed by atoms with Crippen molar-refractivity contribution in [1.82, 2.24) is 5.32 Å². The van der Waals surface area contributed by atoms with Crippen LogP contribution in [0.4, 0.5) is 0 Å². The van der Waals surface area contributed by atoms with Crippen molar-refractivity contribution >= 4 is 23.2 Å². The van der Waals surface area contributed by atoms with Gasteiger partial charge in [-0.3, -0.25) is 0 Å². The van der Waals surface area contributed by atoms with Crippen LogP contribution in [0.5, 0.6) is 0 Å². The molecule has 0 saturated carbocycles. The summed E-state index contributed by atoms with van der Waals surface area (Å²) in [4.78, 5) is 0. The van der Waals surface area contributed by atoms with E-state index in [9.17, 15) is 0 Å². The predicted molar refractivity (Wildman–Crippen MR) is 90.2 cm³/mol. The topological polar surface area (TPSA) is 12.0 Å². The second-order valence-electron chi connectivity index (χ2n) is 5.70. The average Bonchev–Trinajstić information content (AvgIpc) is 2.51. The number of halogens is 2. The highest BCUT2D eigenvalue weighted by Gasteiger charge is 2.27. The van der Waals surface area contributed by atoms with Crippen LogP contribution in [0, 0.1) is 5.92 Å². The molecule has 0 spiro atoms. The lowest BCUT2D eigenvalue weighted by atomic mass is 9.78. The molecule has 0 fully saturated rings. The standard InChI is InChI=1S/C18H19Cl2N/c1-21-18(16-11-15(19)8-9-17(16)20)14-7-6-12-4-2-3-5-13(12)10-14/h2-5,8-9,11,14,18,21H,6-7,10H2,1H3. The molecule has 2 unspecified atom stereocenters. The maximum Gasteiger partial charge on any atom is 0.0454 e. The second kappa shape index (κ2) is 6.39. The fraction of sp³-hybridized carbons (Fsp3) is 0.333. The van der Waals surface area contributed by atoms with Gasteiger partial charge in [0.2, 0.25) is 0 Å². The SMILES string of the molecule is CNC(c1cc(Cl)ccc1Cl)C1CCc2ccccc2C1. The maximum absolute atomic E-state index is 6.39. The average molecular weight is 320 g/mol. The van der Waals surface area contributed by atoms with E-state index in [4.69, 9.17) is 23.2 Å². The molecule has 2 aromatic carbocycles. The maximum atomic E-state index is 6.39. The number of aryl methyl sites for hydroxylation is 1. The van der Waals surface area contributed by atoms with Crippen LogP contribution in [-0.2, 0) is 12.8 Å². The first-order valence-corrected chi connectivity index (χ1v) is 8.13. The first kappa shape index (κ1) is 14.9. The van der Waals surface area contributed by atoms with E-state index < -0.39 is 0 Å². The van der Waals surface area contributed by atoms with Crippen molar-refractivity contribution in [2.75, 3.05) is 7.05 Å². The van der Waals surface area contributed by atoms with Crippen molar-refractivity contribution in [2.24, 2.45) is 5.92 Å². The minimum absolute atomic E-state index is 0.240. The number of rotatable bonds is 3. The van der Waals surface area contributed by atoms with Gasteiger partial charge in [0.1, 0.15) is 0 Å². The molecule has 1 aliphatic carbocycles. The molecule has 2 atom stereocenters. The summed E-state index contributed by atoms with van der Waals surface area (Å²) in [5, 5.41) is 4.97. The molecule has 1 aliphatic rings. The van der Waals surface area contributed by atoms with Gasteiger partial charge in [0.05, 0.1) is 0 Å². The number of hydrogen-bond acceptors (Lipinski definition) is 1. The zero-order valence-corrected chi connectivity index (χ0v) is 13.6. The number of nitrogens with one attached hydrogen (secondary N) is 1. The minimum Gasteiger partial charge on any atom is -0.313 e. The van der Waals surface area contributed by atoms with Crippen molar-refractivity contribution in [3.05, 3.63) is 69.2 Å². The van der Waals surface area contributed by atoms with Crippen LogP contribution in [0.25, 0.3) is 0 Å². The first-order valence-electron chi connectivity index (χ1n) is 7.38. The minimum atomic E-state index is 0.240. The molecular weight excluding hydrogens is 301 g/mol. The van der Waals surface area contributed by atoms with Gasteiger partial charge < -0.3 is 5.32 Å². The number of benzene rings is 2. The van der Waals surface area contributed by atoms with Crippen molar-refractivity contribution in [3.8, 4) is 0 Å². The molecule has 2 aromatic rings. The van der Waals surface area contributed by atoms with Crippen LogP contribution in [-0.4, -0.2) is 7.05 Å². The van der Waals surface area contributed by atoms with Gasteiger partial charge in [-0.2, -0.15) is 0 Å². The Kier molecular flexibility index (Phi) is 4.54. The molecule has 0 aliphatic heterocycles. The molecule has 0 amide bonds. The Labute approximate surface area is 136 Å². The predicted octanol–water partition coefficient (Wildman–Crippen LogP) is 5.06. The smallest absolute Gasteiger partial charge is 0.0454 e. The van der Waals surface area contributed by atoms with E-state index >= 15 is 0 Å². The van der Waals surface area contributed by atoms with E-state index in [1.807, 2.05) is 25.2 Å². The lowest BCUT2D eigenvalue weighted by molar-refractivity contribution is 0.342. The highest BCUT2D eigenvalue weighted by molar-refractivity contribution is 6.33. The summed E-state index contributed by atoms with van der Waals surface area (Å²) in [5.74, 6) is 0.542. The highest BCUT2D eigenvalue weighted by Crippen LogP contribution is 2.37. The van der Waals surface area contributed by atoms with Crippen molar-refractivity contribution in [1.29, 1.82) is 0 Å². The Bertz CT molecular complexity index is 639. The molecule has 1 N–H and O–H groups in total. The molecule has 3 rings (SSSR count). The van der Waals surface area contributed by atoms with Crippen LogP contribution >= 0.6 is 23.2 Å². The van der Waals surface area contributed by atoms with Gasteiger partial charge in [-0.25, -0.2) is 0 Å². The van der Waals surface area contributed by atoms with Gasteiger partial charge in [0.25, 0.3) is 0 Å². The van der Waals surface area contributed by atoms with Crippen molar-refractivity contribution < 1.29 is 0 Å². The molecule has 0 saturated heterocycles. The Morgan fingerprint density at radius 1 is 1.10 bits per heavy atom. The zero-order valence-electron chi connectivity index (χ0n) is 12.1. The monoisotopic (exact) mass is 319 g/mol. The molecular formula is C18H19Cl2N. The molecule has 110 valence electrons. The Morgan fingerprint density at radius 3 is 2.62 bits per heavy atom. The van der Waals surface area contributed by atoms with Crippen molar-refractivity contribution in [2.45, 2.75) is 25.3 Å². The third-order valence-electron chi connectivity index (χ3n) is 4.46. The van der Waals surface area contributed by atoms with E-state index in [0.29, 0.717) is 5.92 Å². The molecule has 3 heteroatoms. The van der Waals surface area contributed by atoms with Crippen LogP contribution in [0.15, 0.2) is 42.5 Å². The molecule has 0 aromatic heterocycles. The molecule has 0 radical (unpaired) electrons. The Hall–Kier alpha value is -1.02. The Balaban J connectivity index is 1.90. The van der Waals surface area contributed by atoms with Gasteiger partial charge in [-0.15, -0.1) is 0 Å². The quantitative estimate of drug-likeness (QED) is 0.833. The fourth-order valence-electron chi connectivity index (χ4n) is 3.41. The van der Waals surface area contributed by atoms with Crippen LogP contribution < -0.4 is 5.32 Å². The first-order chi connectivity index (χ1) is 10.2. The lowest BCUT2D eigenvalue weighted by Gasteiger charge is -2.32. The third kappa shape index (κ3) is 3.11. The van der Waals surface area contributed by atoms with Gasteiger partial charge in [0, 0.05) is 16.1 Å². The van der Waals surface area contributed by atoms with E-state index in [-0.39, 0.29) is 6.04 Å². The summed E-state index contributed by atoms with van der Waals surface area (Å²) >= 11 is 12.5. The summed E-state index contributed by atoms with van der Waals surface area (Å²) < 4.78 is 0. The van der Waals surface area contributed by atoms with Gasteiger partial charge >= 0.3 is 0 Å². The van der Waals surface area contributed by atoms with Crippen LogP contribution in [0.1, 0.15) is 29.2 Å². The Morgan fingerprint density at radius 2 is 1.86 bits per heavy atom. The highest BCUT2D eigenvalue weighted by atomic mass is 35.5. The number of fused-ring (bicyclic) bond motifs is 1. The zero-order chi connectivity index (χ0) is 14.8. The van der Waals surface area contributed by atoms with Gasteiger partial charge in [-0.05, 0) is 67.1 Å². The fourth-order valence-corrected chi connectivity index (χ4v) is 3.82.